The molecule has 6 heteroatoms. The normalized spacial score (nSPS) is 16.5. The van der Waals surface area contributed by atoms with Crippen molar-refractivity contribution < 1.29 is 9.84 Å². The molecule has 1 fully saturated rings. The monoisotopic (exact) mass is 304 g/mol. The molecule has 1 saturated heterocycles. The number of methoxy groups -OCH3 is 1. The number of aliphatic hydroxyl groups excluding tert-OH is 1. The molecule has 6 nitrogen and oxygen atoms in total. The van der Waals surface area contributed by atoms with Gasteiger partial charge in [-0.2, -0.15) is 0 Å². The Morgan fingerprint density at radius 3 is 2.95 bits per heavy atom. The first-order chi connectivity index (χ1) is 10.8. The molecule has 3 heterocycles. The molecule has 1 aliphatic heterocycles. The molecular weight excluding hydrogens is 280 g/mol. The molecule has 0 unspecified atom stereocenters. The van der Waals surface area contributed by atoms with Gasteiger partial charge < -0.3 is 19.7 Å². The lowest BCUT2D eigenvalue weighted by molar-refractivity contribution is 0.195. The highest BCUT2D eigenvalue weighted by Gasteiger charge is 2.21. The van der Waals surface area contributed by atoms with Crippen LogP contribution in [0.15, 0.2) is 12.4 Å². The zero-order valence-corrected chi connectivity index (χ0v) is 13.1. The van der Waals surface area contributed by atoms with Gasteiger partial charge in [0.2, 0.25) is 0 Å². The van der Waals surface area contributed by atoms with Crippen molar-refractivity contribution in [3.05, 3.63) is 23.7 Å². The minimum Gasteiger partial charge on any atom is -0.385 e. The van der Waals surface area contributed by atoms with Crippen LogP contribution in [0.2, 0.25) is 0 Å². The van der Waals surface area contributed by atoms with Crippen molar-refractivity contribution in [2.24, 2.45) is 0 Å². The van der Waals surface area contributed by atoms with E-state index in [0.717, 1.165) is 62.2 Å². The average molecular weight is 304 g/mol. The van der Waals surface area contributed by atoms with E-state index >= 15 is 0 Å². The molecule has 22 heavy (non-hydrogen) atoms. The lowest BCUT2D eigenvalue weighted by atomic mass is 9.91. The van der Waals surface area contributed by atoms with Gasteiger partial charge in [0.1, 0.15) is 12.2 Å². The number of ether oxygens (including phenoxy) is 1. The van der Waals surface area contributed by atoms with Crippen molar-refractivity contribution in [1.29, 1.82) is 0 Å². The molecule has 0 radical (unpaired) electrons. The summed E-state index contributed by atoms with van der Waals surface area (Å²) in [4.78, 5) is 9.35. The molecule has 2 aromatic heterocycles. The summed E-state index contributed by atoms with van der Waals surface area (Å²) in [6.07, 6.45) is 7.88. The Bertz CT molecular complexity index is 620. The van der Waals surface area contributed by atoms with E-state index in [1.807, 2.05) is 12.4 Å². The topological polar surface area (TPSA) is 72.2 Å². The second-order valence-electron chi connectivity index (χ2n) is 5.85. The van der Waals surface area contributed by atoms with Crippen LogP contribution in [0.3, 0.4) is 0 Å². The van der Waals surface area contributed by atoms with Gasteiger partial charge in [-0.25, -0.2) is 9.97 Å². The minimum atomic E-state index is -0.0564. The summed E-state index contributed by atoms with van der Waals surface area (Å²) < 4.78 is 6.89. The fourth-order valence-corrected chi connectivity index (χ4v) is 3.17. The van der Waals surface area contributed by atoms with Crippen LogP contribution in [-0.2, 0) is 17.9 Å². The Balaban J connectivity index is 1.93. The largest absolute Gasteiger partial charge is 0.385 e. The first-order valence-electron chi connectivity index (χ1n) is 7.98. The second kappa shape index (κ2) is 7.17. The number of piperidine rings is 1. The summed E-state index contributed by atoms with van der Waals surface area (Å²) in [5.74, 6) is 0.500. The van der Waals surface area contributed by atoms with Crippen molar-refractivity contribution in [2.75, 3.05) is 26.8 Å². The van der Waals surface area contributed by atoms with Crippen molar-refractivity contribution in [3.8, 4) is 0 Å². The van der Waals surface area contributed by atoms with E-state index in [4.69, 9.17) is 9.72 Å². The summed E-state index contributed by atoms with van der Waals surface area (Å²) in [5.41, 5.74) is 3.96. The number of aryl methyl sites for hydroxylation is 1. The number of hydrogen-bond acceptors (Lipinski definition) is 5. The fraction of sp³-hybridized carbons (Fsp3) is 0.625. The number of nitrogens with zero attached hydrogens (tertiary/aromatic N) is 3. The number of rotatable bonds is 6. The quantitative estimate of drug-likeness (QED) is 0.790. The lowest BCUT2D eigenvalue weighted by Crippen LogP contribution is -2.26. The van der Waals surface area contributed by atoms with Crippen molar-refractivity contribution in [2.45, 2.75) is 38.3 Å². The van der Waals surface area contributed by atoms with Gasteiger partial charge >= 0.3 is 0 Å². The number of fused-ring (bicyclic) bond motifs is 1. The smallest absolute Gasteiger partial charge is 0.160 e. The maximum atomic E-state index is 9.56. The van der Waals surface area contributed by atoms with Crippen LogP contribution in [-0.4, -0.2) is 46.4 Å². The third kappa shape index (κ3) is 3.14. The highest BCUT2D eigenvalue weighted by molar-refractivity contribution is 5.76. The molecule has 1 aliphatic rings. The maximum Gasteiger partial charge on any atom is 0.160 e. The first kappa shape index (κ1) is 15.4. The van der Waals surface area contributed by atoms with Gasteiger partial charge in [-0.05, 0) is 44.7 Å². The van der Waals surface area contributed by atoms with Gasteiger partial charge in [0.15, 0.2) is 5.65 Å². The minimum absolute atomic E-state index is 0.0564. The van der Waals surface area contributed by atoms with E-state index < -0.39 is 0 Å². The van der Waals surface area contributed by atoms with Crippen molar-refractivity contribution in [3.63, 3.8) is 0 Å². The van der Waals surface area contributed by atoms with Gasteiger partial charge in [0, 0.05) is 25.5 Å². The third-order valence-corrected chi connectivity index (χ3v) is 4.36. The van der Waals surface area contributed by atoms with Gasteiger partial charge in [-0.1, -0.05) is 0 Å². The molecule has 0 aromatic carbocycles. The van der Waals surface area contributed by atoms with Crippen LogP contribution in [0.4, 0.5) is 0 Å². The standard InChI is InChI=1S/C16H24N4O2/c1-22-8-2-3-13-9-18-16-15(19-13)14(10-20(16)11-21)12-4-6-17-7-5-12/h9-10,12,17,21H,2-8,11H2,1H3. The molecule has 0 amide bonds. The Hall–Kier alpha value is -1.50. The van der Waals surface area contributed by atoms with Gasteiger partial charge in [-0.15, -0.1) is 0 Å². The molecular formula is C16H24N4O2. The molecule has 120 valence electrons. The van der Waals surface area contributed by atoms with Crippen LogP contribution in [0.1, 0.15) is 36.4 Å². The van der Waals surface area contributed by atoms with Crippen LogP contribution >= 0.6 is 0 Å². The molecule has 0 aliphatic carbocycles. The van der Waals surface area contributed by atoms with Crippen LogP contribution in [0.25, 0.3) is 11.2 Å². The van der Waals surface area contributed by atoms with E-state index in [1.54, 1.807) is 11.7 Å². The molecule has 0 spiro atoms. The molecule has 0 saturated carbocycles. The van der Waals surface area contributed by atoms with E-state index in [9.17, 15) is 5.11 Å². The summed E-state index contributed by atoms with van der Waals surface area (Å²) >= 11 is 0. The van der Waals surface area contributed by atoms with E-state index in [0.29, 0.717) is 5.92 Å². The van der Waals surface area contributed by atoms with Gasteiger partial charge in [0.05, 0.1) is 11.9 Å². The third-order valence-electron chi connectivity index (χ3n) is 4.36. The van der Waals surface area contributed by atoms with Gasteiger partial charge in [0.25, 0.3) is 0 Å². The van der Waals surface area contributed by atoms with Crippen LogP contribution in [0, 0.1) is 0 Å². The Kier molecular flexibility index (Phi) is 5.02. The highest BCUT2D eigenvalue weighted by Crippen LogP contribution is 2.31. The van der Waals surface area contributed by atoms with Gasteiger partial charge in [-0.3, -0.25) is 0 Å². The lowest BCUT2D eigenvalue weighted by Gasteiger charge is -2.21. The zero-order valence-electron chi connectivity index (χ0n) is 13.1. The Morgan fingerprint density at radius 1 is 1.41 bits per heavy atom. The number of nitrogens with one attached hydrogen (secondary N) is 1. The van der Waals surface area contributed by atoms with Crippen molar-refractivity contribution in [1.82, 2.24) is 19.9 Å². The van der Waals surface area contributed by atoms with E-state index in [2.05, 4.69) is 10.3 Å². The second-order valence-corrected chi connectivity index (χ2v) is 5.85. The summed E-state index contributed by atoms with van der Waals surface area (Å²) in [6, 6.07) is 0. The molecule has 2 aromatic rings. The van der Waals surface area contributed by atoms with Crippen LogP contribution < -0.4 is 5.32 Å². The fourth-order valence-electron chi connectivity index (χ4n) is 3.17. The van der Waals surface area contributed by atoms with Crippen LogP contribution in [0.5, 0.6) is 0 Å². The molecule has 0 atom stereocenters. The van der Waals surface area contributed by atoms with E-state index in [-0.39, 0.29) is 6.73 Å². The SMILES string of the molecule is COCCCc1cnc2c(n1)c(C1CCNCC1)cn2CO. The number of hydrogen-bond donors (Lipinski definition) is 2. The summed E-state index contributed by atoms with van der Waals surface area (Å²) in [5, 5.41) is 12.9. The Morgan fingerprint density at radius 2 is 2.23 bits per heavy atom. The summed E-state index contributed by atoms with van der Waals surface area (Å²) in [7, 11) is 1.71. The summed E-state index contributed by atoms with van der Waals surface area (Å²) in [6.45, 7) is 2.76. The number of aromatic nitrogens is 3. The van der Waals surface area contributed by atoms with E-state index in [1.165, 1.54) is 5.56 Å². The highest BCUT2D eigenvalue weighted by atomic mass is 16.5. The Labute approximate surface area is 130 Å². The first-order valence-corrected chi connectivity index (χ1v) is 7.98. The molecule has 3 rings (SSSR count). The predicted molar refractivity (Wildman–Crippen MR) is 84.8 cm³/mol. The maximum absolute atomic E-state index is 9.56. The average Bonchev–Trinajstić information content (AvgIpc) is 2.94. The van der Waals surface area contributed by atoms with Crippen molar-refractivity contribution >= 4 is 11.2 Å². The number of aliphatic hydroxyl groups is 1. The molecule has 0 bridgehead atoms. The molecule has 2 N–H and O–H groups in total. The predicted octanol–water partition coefficient (Wildman–Crippen LogP) is 1.43. The zero-order chi connectivity index (χ0) is 15.4.